The Labute approximate surface area is 157 Å². The smallest absolute Gasteiger partial charge is 0.419 e. The molecule has 0 amide bonds. The predicted octanol–water partition coefficient (Wildman–Crippen LogP) is 3.16. The number of benzene rings is 1. The molecule has 2 saturated heterocycles. The minimum Gasteiger partial charge on any atom is -0.491 e. The minimum absolute atomic E-state index is 0.0874. The number of nitrogens with zero attached hydrogens (tertiary/aromatic N) is 2. The van der Waals surface area contributed by atoms with Crippen molar-refractivity contribution in [2.75, 3.05) is 46.0 Å². The number of alkyl halides is 3. The number of guanidine groups is 1. The SMILES string of the molecule is CCNC(=NCCOc1ccccc1C(F)(F)F)N1CCC2(CCOC2)C1. The molecule has 0 aromatic heterocycles. The minimum atomic E-state index is -4.43. The Morgan fingerprint density at radius 3 is 2.85 bits per heavy atom. The van der Waals surface area contributed by atoms with Gasteiger partial charge in [0.05, 0.1) is 18.7 Å². The first-order valence-corrected chi connectivity index (χ1v) is 9.34. The molecule has 0 aliphatic carbocycles. The number of halogens is 3. The first kappa shape index (κ1) is 19.8. The molecule has 3 rings (SSSR count). The standard InChI is InChI=1S/C19H26F3N3O2/c1-2-23-17(25-10-7-18(13-25)8-11-26-14-18)24-9-12-27-16-6-4-3-5-15(16)19(20,21)22/h3-6H,2,7-14H2,1H3,(H,23,24). The van der Waals surface area contributed by atoms with E-state index in [1.54, 1.807) is 0 Å². The molecular weight excluding hydrogens is 359 g/mol. The molecule has 1 spiro atoms. The molecule has 2 aliphatic rings. The molecule has 0 bridgehead atoms. The molecule has 1 aromatic carbocycles. The highest BCUT2D eigenvalue weighted by Crippen LogP contribution is 2.38. The second kappa shape index (κ2) is 8.37. The quantitative estimate of drug-likeness (QED) is 0.481. The molecule has 2 fully saturated rings. The van der Waals surface area contributed by atoms with Crippen LogP contribution in [0.3, 0.4) is 0 Å². The van der Waals surface area contributed by atoms with Crippen LogP contribution in [0.2, 0.25) is 0 Å². The van der Waals surface area contributed by atoms with Crippen molar-refractivity contribution in [1.29, 1.82) is 0 Å². The summed E-state index contributed by atoms with van der Waals surface area (Å²) in [5.74, 6) is 0.627. The number of hydrogen-bond donors (Lipinski definition) is 1. The Kier molecular flexibility index (Phi) is 6.14. The fourth-order valence-electron chi connectivity index (χ4n) is 3.65. The van der Waals surface area contributed by atoms with Gasteiger partial charge in [0.1, 0.15) is 12.4 Å². The van der Waals surface area contributed by atoms with Crippen molar-refractivity contribution in [2.24, 2.45) is 10.4 Å². The van der Waals surface area contributed by atoms with E-state index >= 15 is 0 Å². The lowest BCUT2D eigenvalue weighted by molar-refractivity contribution is -0.138. The van der Waals surface area contributed by atoms with E-state index in [1.807, 2.05) is 6.92 Å². The first-order valence-electron chi connectivity index (χ1n) is 9.34. The van der Waals surface area contributed by atoms with Gasteiger partial charge in [0.25, 0.3) is 0 Å². The number of likely N-dealkylation sites (tertiary alicyclic amines) is 1. The summed E-state index contributed by atoms with van der Waals surface area (Å²) in [7, 11) is 0. The number of para-hydroxylation sites is 1. The van der Waals surface area contributed by atoms with Crippen LogP contribution in [0.25, 0.3) is 0 Å². The normalized spacial score (nSPS) is 23.3. The van der Waals surface area contributed by atoms with Crippen LogP contribution in [0.1, 0.15) is 25.3 Å². The van der Waals surface area contributed by atoms with E-state index in [4.69, 9.17) is 9.47 Å². The highest BCUT2D eigenvalue weighted by Gasteiger charge is 2.42. The summed E-state index contributed by atoms with van der Waals surface area (Å²) in [6.45, 7) is 6.52. The van der Waals surface area contributed by atoms with Crippen molar-refractivity contribution >= 4 is 5.96 Å². The summed E-state index contributed by atoms with van der Waals surface area (Å²) < 4.78 is 49.9. The van der Waals surface area contributed by atoms with Gasteiger partial charge in [-0.05, 0) is 31.9 Å². The molecule has 0 saturated carbocycles. The van der Waals surface area contributed by atoms with Gasteiger partial charge < -0.3 is 19.7 Å². The number of hydrogen-bond acceptors (Lipinski definition) is 3. The largest absolute Gasteiger partial charge is 0.491 e. The molecule has 150 valence electrons. The first-order chi connectivity index (χ1) is 12.9. The zero-order valence-electron chi connectivity index (χ0n) is 15.5. The van der Waals surface area contributed by atoms with E-state index in [1.165, 1.54) is 18.2 Å². The molecule has 2 heterocycles. The fraction of sp³-hybridized carbons (Fsp3) is 0.632. The van der Waals surface area contributed by atoms with Crippen LogP contribution in [0.4, 0.5) is 13.2 Å². The third-order valence-electron chi connectivity index (χ3n) is 5.06. The van der Waals surface area contributed by atoms with Crippen LogP contribution in [-0.2, 0) is 10.9 Å². The maximum atomic E-state index is 13.0. The van der Waals surface area contributed by atoms with Crippen molar-refractivity contribution in [3.8, 4) is 5.75 Å². The lowest BCUT2D eigenvalue weighted by Crippen LogP contribution is -2.41. The second-order valence-corrected chi connectivity index (χ2v) is 7.05. The molecule has 1 N–H and O–H groups in total. The summed E-state index contributed by atoms with van der Waals surface area (Å²) in [4.78, 5) is 6.75. The Morgan fingerprint density at radius 2 is 2.15 bits per heavy atom. The van der Waals surface area contributed by atoms with Gasteiger partial charge in [0.2, 0.25) is 0 Å². The van der Waals surface area contributed by atoms with Gasteiger partial charge in [-0.15, -0.1) is 0 Å². The van der Waals surface area contributed by atoms with Crippen LogP contribution >= 0.6 is 0 Å². The molecule has 8 heteroatoms. The summed E-state index contributed by atoms with van der Waals surface area (Å²) in [5, 5.41) is 3.26. The summed E-state index contributed by atoms with van der Waals surface area (Å²) in [6, 6.07) is 5.25. The number of nitrogens with one attached hydrogen (secondary N) is 1. The Morgan fingerprint density at radius 1 is 1.33 bits per heavy atom. The topological polar surface area (TPSA) is 46.1 Å². The van der Waals surface area contributed by atoms with E-state index < -0.39 is 11.7 Å². The molecule has 1 aromatic rings. The zero-order chi connectivity index (χ0) is 19.3. The van der Waals surface area contributed by atoms with E-state index in [0.717, 1.165) is 57.7 Å². The summed E-state index contributed by atoms with van der Waals surface area (Å²) in [6.07, 6.45) is -2.28. The summed E-state index contributed by atoms with van der Waals surface area (Å²) >= 11 is 0. The maximum Gasteiger partial charge on any atom is 0.419 e. The van der Waals surface area contributed by atoms with Gasteiger partial charge in [0.15, 0.2) is 5.96 Å². The van der Waals surface area contributed by atoms with Crippen LogP contribution in [0.5, 0.6) is 5.75 Å². The Balaban J connectivity index is 1.57. The third-order valence-corrected chi connectivity index (χ3v) is 5.06. The lowest BCUT2D eigenvalue weighted by atomic mass is 9.87. The molecule has 5 nitrogen and oxygen atoms in total. The fourth-order valence-corrected chi connectivity index (χ4v) is 3.65. The zero-order valence-corrected chi connectivity index (χ0v) is 15.5. The summed E-state index contributed by atoms with van der Waals surface area (Å²) in [5.41, 5.74) is -0.540. The van der Waals surface area contributed by atoms with Gasteiger partial charge in [0, 0.05) is 31.7 Å². The van der Waals surface area contributed by atoms with Crippen molar-refractivity contribution < 1.29 is 22.6 Å². The van der Waals surface area contributed by atoms with Crippen molar-refractivity contribution in [3.05, 3.63) is 29.8 Å². The predicted molar refractivity (Wildman–Crippen MR) is 97.0 cm³/mol. The average Bonchev–Trinajstić information content (AvgIpc) is 3.27. The maximum absolute atomic E-state index is 13.0. The molecule has 27 heavy (non-hydrogen) atoms. The van der Waals surface area contributed by atoms with Crippen LogP contribution in [0, 0.1) is 5.41 Å². The van der Waals surface area contributed by atoms with Crippen molar-refractivity contribution in [2.45, 2.75) is 25.9 Å². The third kappa shape index (κ3) is 4.86. The van der Waals surface area contributed by atoms with Gasteiger partial charge in [-0.3, -0.25) is 0 Å². The van der Waals surface area contributed by atoms with Gasteiger partial charge in [-0.25, -0.2) is 4.99 Å². The molecular formula is C19H26F3N3O2. The van der Waals surface area contributed by atoms with Crippen LogP contribution < -0.4 is 10.1 Å². The number of ether oxygens (including phenoxy) is 2. The van der Waals surface area contributed by atoms with Crippen molar-refractivity contribution in [3.63, 3.8) is 0 Å². The lowest BCUT2D eigenvalue weighted by Gasteiger charge is -2.25. The van der Waals surface area contributed by atoms with Crippen LogP contribution in [0.15, 0.2) is 29.3 Å². The molecule has 1 unspecified atom stereocenters. The molecule has 1 atom stereocenters. The average molecular weight is 385 g/mol. The van der Waals surface area contributed by atoms with Gasteiger partial charge >= 0.3 is 6.18 Å². The molecule has 0 radical (unpaired) electrons. The monoisotopic (exact) mass is 385 g/mol. The second-order valence-electron chi connectivity index (χ2n) is 7.05. The highest BCUT2D eigenvalue weighted by molar-refractivity contribution is 5.80. The van der Waals surface area contributed by atoms with E-state index in [0.29, 0.717) is 0 Å². The van der Waals surface area contributed by atoms with E-state index in [2.05, 4.69) is 15.2 Å². The van der Waals surface area contributed by atoms with Crippen molar-refractivity contribution in [1.82, 2.24) is 10.2 Å². The van der Waals surface area contributed by atoms with Crippen LogP contribution in [-0.4, -0.2) is 56.9 Å². The Bertz CT molecular complexity index is 658. The van der Waals surface area contributed by atoms with Gasteiger partial charge in [-0.2, -0.15) is 13.2 Å². The highest BCUT2D eigenvalue weighted by atomic mass is 19.4. The number of rotatable bonds is 5. The molecule has 2 aliphatic heterocycles. The van der Waals surface area contributed by atoms with E-state index in [-0.39, 0.29) is 24.3 Å². The Hall–Kier alpha value is -1.96. The van der Waals surface area contributed by atoms with Gasteiger partial charge in [-0.1, -0.05) is 12.1 Å². The van der Waals surface area contributed by atoms with E-state index in [9.17, 15) is 13.2 Å². The number of aliphatic imine (C=N–C) groups is 1.